The van der Waals surface area contributed by atoms with Gasteiger partial charge in [0.15, 0.2) is 0 Å². The predicted octanol–water partition coefficient (Wildman–Crippen LogP) is 1.67. The van der Waals surface area contributed by atoms with E-state index in [1.807, 2.05) is 0 Å². The summed E-state index contributed by atoms with van der Waals surface area (Å²) in [7, 11) is 0. The highest BCUT2D eigenvalue weighted by Crippen LogP contribution is 2.16. The molecule has 1 aromatic carbocycles. The van der Waals surface area contributed by atoms with Crippen LogP contribution in [0.25, 0.3) is 0 Å². The highest BCUT2D eigenvalue weighted by Gasteiger charge is 2.13. The van der Waals surface area contributed by atoms with Crippen LogP contribution in [0.5, 0.6) is 5.75 Å². The first-order valence-corrected chi connectivity index (χ1v) is 3.96. The van der Waals surface area contributed by atoms with E-state index in [1.54, 1.807) is 31.2 Å². The standard InChI is InChI=1S/C9H7ClO3/c1-6-4-2-3-5-7(6)13-9(12)8(10)11/h2-5H,1H3. The number of halogens is 1. The summed E-state index contributed by atoms with van der Waals surface area (Å²) >= 11 is 4.92. The second kappa shape index (κ2) is 4.05. The van der Waals surface area contributed by atoms with E-state index < -0.39 is 11.2 Å². The molecule has 0 radical (unpaired) electrons. The fraction of sp³-hybridized carbons (Fsp3) is 0.111. The Morgan fingerprint density at radius 1 is 1.31 bits per heavy atom. The molecule has 0 atom stereocenters. The quantitative estimate of drug-likeness (QED) is 0.314. The van der Waals surface area contributed by atoms with Gasteiger partial charge < -0.3 is 4.74 Å². The van der Waals surface area contributed by atoms with Crippen LogP contribution in [0.4, 0.5) is 0 Å². The number of benzene rings is 1. The molecule has 13 heavy (non-hydrogen) atoms. The Morgan fingerprint density at radius 2 is 1.92 bits per heavy atom. The van der Waals surface area contributed by atoms with Crippen molar-refractivity contribution in [1.29, 1.82) is 0 Å². The van der Waals surface area contributed by atoms with Crippen LogP contribution in [0.3, 0.4) is 0 Å². The molecule has 0 heterocycles. The Morgan fingerprint density at radius 3 is 2.46 bits per heavy atom. The Balaban J connectivity index is 2.81. The number of rotatable bonds is 2. The minimum atomic E-state index is -1.12. The van der Waals surface area contributed by atoms with Gasteiger partial charge in [0, 0.05) is 0 Å². The normalized spacial score (nSPS) is 9.38. The maximum atomic E-state index is 10.8. The Labute approximate surface area is 80.3 Å². The lowest BCUT2D eigenvalue weighted by Crippen LogP contribution is -2.15. The molecule has 0 spiro atoms. The first kappa shape index (κ1) is 9.74. The number of esters is 1. The van der Waals surface area contributed by atoms with E-state index in [-0.39, 0.29) is 0 Å². The van der Waals surface area contributed by atoms with Gasteiger partial charge in [0.05, 0.1) is 0 Å². The lowest BCUT2D eigenvalue weighted by molar-refractivity contribution is -0.143. The van der Waals surface area contributed by atoms with E-state index in [0.717, 1.165) is 5.56 Å². The Hall–Kier alpha value is -1.35. The van der Waals surface area contributed by atoms with Crippen LogP contribution < -0.4 is 4.74 Å². The molecule has 0 aromatic heterocycles. The van der Waals surface area contributed by atoms with Crippen molar-refractivity contribution in [1.82, 2.24) is 0 Å². The molecule has 3 nitrogen and oxygen atoms in total. The molecule has 0 fully saturated rings. The number of para-hydroxylation sites is 1. The number of carbonyl (C=O) groups is 2. The zero-order valence-electron chi connectivity index (χ0n) is 6.91. The number of hydrogen-bond donors (Lipinski definition) is 0. The average molecular weight is 199 g/mol. The summed E-state index contributed by atoms with van der Waals surface area (Å²) in [5.41, 5.74) is 0.772. The Bertz CT molecular complexity index is 346. The fourth-order valence-corrected chi connectivity index (χ4v) is 0.850. The van der Waals surface area contributed by atoms with E-state index in [1.165, 1.54) is 0 Å². The number of aryl methyl sites for hydroxylation is 1. The number of carbonyl (C=O) groups excluding carboxylic acids is 2. The topological polar surface area (TPSA) is 43.4 Å². The van der Waals surface area contributed by atoms with Crippen LogP contribution in [-0.4, -0.2) is 11.2 Å². The van der Waals surface area contributed by atoms with E-state index in [9.17, 15) is 9.59 Å². The SMILES string of the molecule is Cc1ccccc1OC(=O)C(=O)Cl. The summed E-state index contributed by atoms with van der Waals surface area (Å²) < 4.78 is 4.69. The minimum Gasteiger partial charge on any atom is -0.420 e. The molecule has 0 aliphatic carbocycles. The summed E-state index contributed by atoms with van der Waals surface area (Å²) in [6.45, 7) is 1.77. The monoisotopic (exact) mass is 198 g/mol. The number of hydrogen-bond acceptors (Lipinski definition) is 3. The molecule has 0 amide bonds. The van der Waals surface area contributed by atoms with E-state index in [0.29, 0.717) is 5.75 Å². The highest BCUT2D eigenvalue weighted by molar-refractivity contribution is 6.80. The largest absolute Gasteiger partial charge is 0.420 e. The van der Waals surface area contributed by atoms with Gasteiger partial charge >= 0.3 is 11.2 Å². The summed E-state index contributed by atoms with van der Waals surface area (Å²) in [6, 6.07) is 6.86. The zero-order chi connectivity index (χ0) is 9.84. The Kier molecular flexibility index (Phi) is 3.03. The molecule has 1 rings (SSSR count). The van der Waals surface area contributed by atoms with Crippen LogP contribution in [0.1, 0.15) is 5.56 Å². The van der Waals surface area contributed by atoms with Gasteiger partial charge in [-0.2, -0.15) is 0 Å². The second-order valence-corrected chi connectivity index (χ2v) is 2.77. The lowest BCUT2D eigenvalue weighted by Gasteiger charge is -2.03. The number of ether oxygens (including phenoxy) is 1. The van der Waals surface area contributed by atoms with Gasteiger partial charge in [0.2, 0.25) is 0 Å². The highest BCUT2D eigenvalue weighted by atomic mass is 35.5. The van der Waals surface area contributed by atoms with Gasteiger partial charge in [0.25, 0.3) is 0 Å². The van der Waals surface area contributed by atoms with Crippen molar-refractivity contribution in [3.63, 3.8) is 0 Å². The van der Waals surface area contributed by atoms with Gasteiger partial charge in [-0.05, 0) is 30.2 Å². The molecule has 0 bridgehead atoms. The molecule has 1 aromatic rings. The van der Waals surface area contributed by atoms with Crippen molar-refractivity contribution in [2.24, 2.45) is 0 Å². The summed E-state index contributed by atoms with van der Waals surface area (Å²) in [5.74, 6) is -0.711. The van der Waals surface area contributed by atoms with Crippen molar-refractivity contribution in [2.45, 2.75) is 6.92 Å². The van der Waals surface area contributed by atoms with Crippen LogP contribution in [0, 0.1) is 6.92 Å². The second-order valence-electron chi connectivity index (χ2n) is 2.43. The molecule has 4 heteroatoms. The molecular formula is C9H7ClO3. The lowest BCUT2D eigenvalue weighted by atomic mass is 10.2. The van der Waals surface area contributed by atoms with Crippen molar-refractivity contribution < 1.29 is 14.3 Å². The molecule has 0 aliphatic rings. The molecule has 0 aliphatic heterocycles. The van der Waals surface area contributed by atoms with Crippen molar-refractivity contribution in [3.8, 4) is 5.75 Å². The van der Waals surface area contributed by atoms with Crippen molar-refractivity contribution in [3.05, 3.63) is 29.8 Å². The van der Waals surface area contributed by atoms with Gasteiger partial charge in [-0.1, -0.05) is 18.2 Å². The molecular weight excluding hydrogens is 192 g/mol. The van der Waals surface area contributed by atoms with Crippen molar-refractivity contribution in [2.75, 3.05) is 0 Å². The molecule has 0 saturated carbocycles. The molecule has 68 valence electrons. The summed E-state index contributed by atoms with van der Waals surface area (Å²) in [4.78, 5) is 21.1. The van der Waals surface area contributed by atoms with Gasteiger partial charge in [-0.15, -0.1) is 0 Å². The van der Waals surface area contributed by atoms with Crippen molar-refractivity contribution >= 4 is 22.8 Å². The summed E-state index contributed by atoms with van der Waals surface area (Å²) in [5, 5.41) is -1.12. The van der Waals surface area contributed by atoms with E-state index in [4.69, 9.17) is 11.6 Å². The maximum absolute atomic E-state index is 10.8. The van der Waals surface area contributed by atoms with Gasteiger partial charge in [-0.3, -0.25) is 4.79 Å². The zero-order valence-corrected chi connectivity index (χ0v) is 7.67. The fourth-order valence-electron chi connectivity index (χ4n) is 0.811. The molecule has 0 unspecified atom stereocenters. The first-order chi connectivity index (χ1) is 6.11. The van der Waals surface area contributed by atoms with Crippen LogP contribution in [0.15, 0.2) is 24.3 Å². The minimum absolute atomic E-state index is 0.349. The van der Waals surface area contributed by atoms with Crippen LogP contribution in [-0.2, 0) is 9.59 Å². The smallest absolute Gasteiger partial charge is 0.396 e. The summed E-state index contributed by atoms with van der Waals surface area (Å²) in [6.07, 6.45) is 0. The van der Waals surface area contributed by atoms with Crippen LogP contribution >= 0.6 is 11.6 Å². The third-order valence-electron chi connectivity index (χ3n) is 1.46. The molecule has 0 saturated heterocycles. The molecule has 0 N–H and O–H groups in total. The van der Waals surface area contributed by atoms with Gasteiger partial charge in [0.1, 0.15) is 5.75 Å². The maximum Gasteiger partial charge on any atom is 0.396 e. The predicted molar refractivity (Wildman–Crippen MR) is 47.7 cm³/mol. The average Bonchev–Trinajstić information content (AvgIpc) is 2.08. The van der Waals surface area contributed by atoms with E-state index in [2.05, 4.69) is 4.74 Å². The third kappa shape index (κ3) is 2.56. The van der Waals surface area contributed by atoms with Crippen LogP contribution in [0.2, 0.25) is 0 Å². The van der Waals surface area contributed by atoms with E-state index >= 15 is 0 Å². The van der Waals surface area contributed by atoms with Gasteiger partial charge in [-0.25, -0.2) is 4.79 Å². The first-order valence-electron chi connectivity index (χ1n) is 3.58. The third-order valence-corrected chi connectivity index (χ3v) is 1.61.